The molecule has 49 heavy (non-hydrogen) atoms. The lowest BCUT2D eigenvalue weighted by molar-refractivity contribution is 1.28. The highest BCUT2D eigenvalue weighted by molar-refractivity contribution is 5.87. The van der Waals surface area contributed by atoms with E-state index in [0.29, 0.717) is 0 Å². The maximum atomic E-state index is 4.93. The summed E-state index contributed by atoms with van der Waals surface area (Å²) >= 11 is 0. The van der Waals surface area contributed by atoms with Gasteiger partial charge in [0.25, 0.3) is 0 Å². The van der Waals surface area contributed by atoms with Crippen molar-refractivity contribution in [2.75, 3.05) is 4.90 Å². The van der Waals surface area contributed by atoms with Crippen LogP contribution in [0.4, 0.5) is 17.1 Å². The van der Waals surface area contributed by atoms with E-state index in [-0.39, 0.29) is 0 Å². The van der Waals surface area contributed by atoms with Crippen molar-refractivity contribution >= 4 is 38.7 Å². The number of fused-ring (bicyclic) bond motifs is 2. The van der Waals surface area contributed by atoms with Crippen molar-refractivity contribution in [1.82, 2.24) is 15.0 Å². The van der Waals surface area contributed by atoms with Crippen molar-refractivity contribution in [2.45, 2.75) is 0 Å². The summed E-state index contributed by atoms with van der Waals surface area (Å²) in [6.45, 7) is 0. The van der Waals surface area contributed by atoms with E-state index in [2.05, 4.69) is 142 Å². The molecule has 0 amide bonds. The van der Waals surface area contributed by atoms with Crippen LogP contribution in [0.2, 0.25) is 0 Å². The molecule has 0 saturated carbocycles. The summed E-state index contributed by atoms with van der Waals surface area (Å²) in [6, 6.07) is 59.3. The van der Waals surface area contributed by atoms with E-state index >= 15 is 0 Å². The van der Waals surface area contributed by atoms with E-state index in [4.69, 9.17) is 4.98 Å². The van der Waals surface area contributed by atoms with Gasteiger partial charge in [0.15, 0.2) is 0 Å². The summed E-state index contributed by atoms with van der Waals surface area (Å²) in [5.74, 6) is 0. The Hall–Kier alpha value is -6.65. The van der Waals surface area contributed by atoms with Gasteiger partial charge in [-0.05, 0) is 100 Å². The van der Waals surface area contributed by atoms with Crippen LogP contribution in [0.25, 0.3) is 55.2 Å². The predicted octanol–water partition coefficient (Wildman–Crippen LogP) is 11.8. The Kier molecular flexibility index (Phi) is 8.25. The number of rotatable bonds is 6. The molecule has 0 unspecified atom stereocenters. The molecule has 0 radical (unpaired) electrons. The van der Waals surface area contributed by atoms with Crippen molar-refractivity contribution in [2.24, 2.45) is 0 Å². The third-order valence-electron chi connectivity index (χ3n) is 8.70. The van der Waals surface area contributed by atoms with E-state index in [1.54, 1.807) is 12.4 Å². The number of para-hydroxylation sites is 1. The molecule has 4 heteroatoms. The summed E-state index contributed by atoms with van der Waals surface area (Å²) in [4.78, 5) is 15.8. The van der Waals surface area contributed by atoms with Crippen LogP contribution in [0.1, 0.15) is 0 Å². The average Bonchev–Trinajstić information content (AvgIpc) is 3.17. The minimum absolute atomic E-state index is 0.956. The topological polar surface area (TPSA) is 41.9 Å². The van der Waals surface area contributed by atoms with E-state index in [9.17, 15) is 0 Å². The monoisotopic (exact) mass is 628 g/mol. The van der Waals surface area contributed by atoms with Gasteiger partial charge in [-0.1, -0.05) is 97.1 Å². The summed E-state index contributed by atoms with van der Waals surface area (Å²) in [6.07, 6.45) is 7.33. The first kappa shape index (κ1) is 29.7. The zero-order valence-corrected chi connectivity index (χ0v) is 26.8. The second-order valence-corrected chi connectivity index (χ2v) is 11.8. The van der Waals surface area contributed by atoms with Crippen LogP contribution in [-0.2, 0) is 0 Å². The molecular formula is C45H32N4. The van der Waals surface area contributed by atoms with Crippen LogP contribution in [0.3, 0.4) is 0 Å². The van der Waals surface area contributed by atoms with Crippen molar-refractivity contribution in [3.63, 3.8) is 0 Å². The van der Waals surface area contributed by atoms with E-state index in [1.165, 1.54) is 5.39 Å². The molecule has 0 aliphatic carbocycles. The van der Waals surface area contributed by atoms with Gasteiger partial charge in [0.2, 0.25) is 0 Å². The molecule has 5 aromatic carbocycles. The highest BCUT2D eigenvalue weighted by Gasteiger charge is 2.14. The molecule has 8 rings (SSSR count). The number of aromatic nitrogens is 3. The van der Waals surface area contributed by atoms with Gasteiger partial charge in [0.1, 0.15) is 0 Å². The minimum atomic E-state index is 0.956. The van der Waals surface area contributed by atoms with E-state index in [1.807, 2.05) is 54.9 Å². The highest BCUT2D eigenvalue weighted by Crippen LogP contribution is 2.38. The second-order valence-electron chi connectivity index (χ2n) is 11.8. The smallest absolute Gasteiger partial charge is 0.0709 e. The third kappa shape index (κ3) is 6.49. The second kappa shape index (κ2) is 13.6. The zero-order valence-electron chi connectivity index (χ0n) is 26.8. The highest BCUT2D eigenvalue weighted by atomic mass is 15.1. The van der Waals surface area contributed by atoms with Gasteiger partial charge >= 0.3 is 0 Å². The molecule has 0 atom stereocenters. The average molecular weight is 629 g/mol. The fourth-order valence-electron chi connectivity index (χ4n) is 6.14. The van der Waals surface area contributed by atoms with Gasteiger partial charge in [-0.3, -0.25) is 9.97 Å². The Bertz CT molecular complexity index is 2220. The predicted molar refractivity (Wildman–Crippen MR) is 203 cm³/mol. The molecule has 0 fully saturated rings. The molecule has 8 aromatic rings. The minimum Gasteiger partial charge on any atom is -0.311 e. The molecule has 0 bridgehead atoms. The first-order valence-corrected chi connectivity index (χ1v) is 16.3. The van der Waals surface area contributed by atoms with Crippen molar-refractivity contribution in [1.29, 1.82) is 0 Å². The molecule has 3 heterocycles. The molecule has 232 valence electrons. The standard InChI is InChI=1S/C45H32N4/c1-2-7-33(9-6-29-46-28-5-1)34-13-20-41(21-14-34)49(42-22-15-35(16-23-42)39-12-11-36-27-30-47-32-40(36)31-39)43-24-17-38(18-25-43)45-26-19-37-8-3-4-10-44(37)48-45/h1-32H. The Morgan fingerprint density at radius 3 is 1.71 bits per heavy atom. The Labute approximate surface area is 286 Å². The van der Waals surface area contributed by atoms with Crippen LogP contribution >= 0.6 is 0 Å². The Balaban J connectivity index is 1.17. The number of hydrogen-bond acceptors (Lipinski definition) is 4. The van der Waals surface area contributed by atoms with Crippen molar-refractivity contribution in [3.05, 3.63) is 195 Å². The van der Waals surface area contributed by atoms with Gasteiger partial charge in [0, 0.05) is 58.2 Å². The fourth-order valence-corrected chi connectivity index (χ4v) is 6.14. The number of pyridine rings is 2. The van der Waals surface area contributed by atoms with Crippen LogP contribution in [0.15, 0.2) is 195 Å². The van der Waals surface area contributed by atoms with E-state index < -0.39 is 0 Å². The molecule has 3 aromatic heterocycles. The summed E-state index contributed by atoms with van der Waals surface area (Å²) in [5.41, 5.74) is 10.8. The van der Waals surface area contributed by atoms with E-state index in [0.717, 1.165) is 66.9 Å². The lowest BCUT2D eigenvalue weighted by Crippen LogP contribution is -2.09. The first-order valence-electron chi connectivity index (χ1n) is 16.3. The molecule has 0 aliphatic heterocycles. The SMILES string of the molecule is c1ccncccc(-c2ccc(N(c3ccc(-c4ccc5ccncc5c4)cc3)c3ccc(-c4ccc5ccccc5n4)cc3)cc2)cc1. The third-order valence-corrected chi connectivity index (χ3v) is 8.70. The van der Waals surface area contributed by atoms with Gasteiger partial charge in [-0.15, -0.1) is 0 Å². The number of nitrogens with zero attached hydrogens (tertiary/aromatic N) is 4. The van der Waals surface area contributed by atoms with Crippen LogP contribution < -0.4 is 4.90 Å². The largest absolute Gasteiger partial charge is 0.311 e. The normalized spacial score (nSPS) is 10.9. The number of anilines is 3. The van der Waals surface area contributed by atoms with Gasteiger partial charge in [-0.25, -0.2) is 4.98 Å². The Morgan fingerprint density at radius 1 is 0.347 bits per heavy atom. The fraction of sp³-hybridized carbons (Fsp3) is 0. The number of hydrogen-bond donors (Lipinski definition) is 0. The van der Waals surface area contributed by atoms with Crippen LogP contribution in [-0.4, -0.2) is 15.0 Å². The first-order chi connectivity index (χ1) is 24.3. The van der Waals surface area contributed by atoms with Crippen LogP contribution in [0, 0.1) is 0 Å². The van der Waals surface area contributed by atoms with Crippen molar-refractivity contribution < 1.29 is 0 Å². The molecule has 0 aliphatic rings. The van der Waals surface area contributed by atoms with Gasteiger partial charge in [0.05, 0.1) is 11.2 Å². The maximum Gasteiger partial charge on any atom is 0.0709 e. The molecule has 0 saturated heterocycles. The molecule has 0 N–H and O–H groups in total. The Morgan fingerprint density at radius 2 is 0.939 bits per heavy atom. The van der Waals surface area contributed by atoms with Crippen molar-refractivity contribution in [3.8, 4) is 33.5 Å². The lowest BCUT2D eigenvalue weighted by atomic mass is 10.0. The number of benzene rings is 5. The molecular weight excluding hydrogens is 597 g/mol. The molecule has 4 nitrogen and oxygen atoms in total. The van der Waals surface area contributed by atoms with Gasteiger partial charge < -0.3 is 4.90 Å². The summed E-state index contributed by atoms with van der Waals surface area (Å²) in [5, 5.41) is 3.45. The maximum absolute atomic E-state index is 4.93. The quantitative estimate of drug-likeness (QED) is 0.184. The lowest BCUT2D eigenvalue weighted by Gasteiger charge is -2.26. The molecule has 0 spiro atoms. The van der Waals surface area contributed by atoms with Crippen LogP contribution in [0.5, 0.6) is 0 Å². The summed E-state index contributed by atoms with van der Waals surface area (Å²) in [7, 11) is 0. The zero-order chi connectivity index (χ0) is 32.8. The van der Waals surface area contributed by atoms with Gasteiger partial charge in [-0.2, -0.15) is 0 Å². The summed E-state index contributed by atoms with van der Waals surface area (Å²) < 4.78 is 0.